The molecule has 0 aromatic heterocycles. The average Bonchev–Trinajstić information content (AvgIpc) is 2.55. The summed E-state index contributed by atoms with van der Waals surface area (Å²) in [6.07, 6.45) is -0.0875. The van der Waals surface area contributed by atoms with Crippen molar-refractivity contribution in [3.63, 3.8) is 0 Å². The summed E-state index contributed by atoms with van der Waals surface area (Å²) in [5, 5.41) is 10.3. The number of esters is 1. The molecule has 118 valence electrons. The Labute approximate surface area is 140 Å². The fourth-order valence-corrected chi connectivity index (χ4v) is 3.37. The summed E-state index contributed by atoms with van der Waals surface area (Å²) in [7, 11) is 0. The molecule has 1 N–H and O–H groups in total. The van der Waals surface area contributed by atoms with Gasteiger partial charge in [0.2, 0.25) is 0 Å². The summed E-state index contributed by atoms with van der Waals surface area (Å²) in [6, 6.07) is 17.7. The Hall–Kier alpha value is -2.20. The van der Waals surface area contributed by atoms with Gasteiger partial charge in [0, 0.05) is 12.2 Å². The van der Waals surface area contributed by atoms with E-state index in [4.69, 9.17) is 4.74 Å². The number of hydrogen-bond donors (Lipinski definition) is 1. The summed E-state index contributed by atoms with van der Waals surface area (Å²) in [5.41, 5.74) is 3.16. The molecule has 23 heavy (non-hydrogen) atoms. The molecule has 2 aromatic carbocycles. The molecule has 1 heterocycles. The number of aliphatic hydroxyl groups excluding tert-OH is 1. The van der Waals surface area contributed by atoms with Crippen LogP contribution in [0.15, 0.2) is 65.3 Å². The number of benzene rings is 2. The lowest BCUT2D eigenvalue weighted by Gasteiger charge is -2.24. The van der Waals surface area contributed by atoms with Crippen molar-refractivity contribution in [2.75, 3.05) is 0 Å². The Kier molecular flexibility index (Phi) is 4.72. The van der Waals surface area contributed by atoms with E-state index in [0.717, 1.165) is 16.7 Å². The van der Waals surface area contributed by atoms with Crippen molar-refractivity contribution in [3.05, 3.63) is 82.0 Å². The van der Waals surface area contributed by atoms with Crippen LogP contribution in [-0.4, -0.2) is 11.1 Å². The molecule has 0 bridgehead atoms. The predicted octanol–water partition coefficient (Wildman–Crippen LogP) is 4.69. The van der Waals surface area contributed by atoms with Gasteiger partial charge in [0.1, 0.15) is 16.8 Å². The fraction of sp³-hybridized carbons (Fsp3) is 0.211. The van der Waals surface area contributed by atoms with Crippen molar-refractivity contribution in [1.82, 2.24) is 0 Å². The zero-order valence-electron chi connectivity index (χ0n) is 12.9. The van der Waals surface area contributed by atoms with Crippen molar-refractivity contribution in [2.45, 2.75) is 25.2 Å². The van der Waals surface area contributed by atoms with Gasteiger partial charge in [-0.1, -0.05) is 60.2 Å². The second kappa shape index (κ2) is 6.92. The zero-order chi connectivity index (χ0) is 16.2. The maximum absolute atomic E-state index is 12.2. The molecular weight excluding hydrogens is 308 g/mol. The Morgan fingerprint density at radius 3 is 2.48 bits per heavy atom. The molecule has 3 rings (SSSR count). The first-order valence-corrected chi connectivity index (χ1v) is 8.48. The zero-order valence-corrected chi connectivity index (χ0v) is 13.7. The third-order valence-corrected chi connectivity index (χ3v) is 4.92. The molecule has 0 amide bonds. The Morgan fingerprint density at radius 1 is 1.13 bits per heavy atom. The number of carbonyl (C=O) groups is 1. The molecular formula is C19H18O3S. The van der Waals surface area contributed by atoms with Crippen molar-refractivity contribution in [2.24, 2.45) is 0 Å². The van der Waals surface area contributed by atoms with Crippen LogP contribution in [0.5, 0.6) is 0 Å². The van der Waals surface area contributed by atoms with Gasteiger partial charge in [-0.15, -0.1) is 11.8 Å². The molecule has 1 unspecified atom stereocenters. The highest BCUT2D eigenvalue weighted by molar-refractivity contribution is 8.03. The number of carbonyl (C=O) groups excluding carboxylic acids is 1. The highest BCUT2D eigenvalue weighted by Gasteiger charge is 2.30. The molecule has 0 spiro atoms. The van der Waals surface area contributed by atoms with Gasteiger partial charge in [-0.3, -0.25) is 0 Å². The topological polar surface area (TPSA) is 46.5 Å². The molecule has 2 aromatic rings. The van der Waals surface area contributed by atoms with Gasteiger partial charge < -0.3 is 9.84 Å². The van der Waals surface area contributed by atoms with Gasteiger partial charge in [-0.25, -0.2) is 4.79 Å². The molecule has 1 atom stereocenters. The lowest BCUT2D eigenvalue weighted by Crippen LogP contribution is -2.20. The molecule has 0 saturated carbocycles. The lowest BCUT2D eigenvalue weighted by atomic mass is 10.0. The standard InChI is InChI=1S/C19H18O3S/c1-13-7-9-15(10-8-13)17-11-16(20)18(19(21)22-17)23-12-14-5-3-2-4-6-14/h2-10,17,20H,11-12H2,1H3. The van der Waals surface area contributed by atoms with E-state index in [1.165, 1.54) is 11.8 Å². The second-order valence-electron chi connectivity index (χ2n) is 5.56. The number of aliphatic hydroxyl groups is 1. The van der Waals surface area contributed by atoms with Gasteiger partial charge in [0.05, 0.1) is 0 Å². The molecule has 3 nitrogen and oxygen atoms in total. The van der Waals surface area contributed by atoms with E-state index in [-0.39, 0.29) is 5.76 Å². The van der Waals surface area contributed by atoms with E-state index < -0.39 is 12.1 Å². The minimum atomic E-state index is -0.444. The van der Waals surface area contributed by atoms with Crippen molar-refractivity contribution in [3.8, 4) is 0 Å². The van der Waals surface area contributed by atoms with E-state index in [1.54, 1.807) is 0 Å². The van der Waals surface area contributed by atoms with Crippen LogP contribution in [0.3, 0.4) is 0 Å². The normalized spacial score (nSPS) is 18.0. The van der Waals surface area contributed by atoms with Crippen LogP contribution in [0.25, 0.3) is 0 Å². The average molecular weight is 326 g/mol. The number of cyclic esters (lactones) is 1. The summed E-state index contributed by atoms with van der Waals surface area (Å²) < 4.78 is 5.51. The number of aryl methyl sites for hydroxylation is 1. The number of thioether (sulfide) groups is 1. The van der Waals surface area contributed by atoms with Crippen LogP contribution in [0.1, 0.15) is 29.2 Å². The number of ether oxygens (including phenoxy) is 1. The molecule has 0 radical (unpaired) electrons. The Morgan fingerprint density at radius 2 is 1.83 bits per heavy atom. The predicted molar refractivity (Wildman–Crippen MR) is 92.0 cm³/mol. The van der Waals surface area contributed by atoms with Crippen molar-refractivity contribution >= 4 is 17.7 Å². The van der Waals surface area contributed by atoms with Crippen LogP contribution < -0.4 is 0 Å². The lowest BCUT2D eigenvalue weighted by molar-refractivity contribution is -0.146. The monoisotopic (exact) mass is 326 g/mol. The van der Waals surface area contributed by atoms with E-state index in [0.29, 0.717) is 17.1 Å². The second-order valence-corrected chi connectivity index (χ2v) is 6.54. The molecule has 1 aliphatic heterocycles. The maximum atomic E-state index is 12.2. The van der Waals surface area contributed by atoms with Gasteiger partial charge >= 0.3 is 5.97 Å². The highest BCUT2D eigenvalue weighted by atomic mass is 32.2. The van der Waals surface area contributed by atoms with Gasteiger partial charge in [0.25, 0.3) is 0 Å². The Bertz CT molecular complexity index is 720. The summed E-state index contributed by atoms with van der Waals surface area (Å²) in [4.78, 5) is 12.5. The maximum Gasteiger partial charge on any atom is 0.348 e. The molecule has 4 heteroatoms. The quantitative estimate of drug-likeness (QED) is 0.828. The number of hydrogen-bond acceptors (Lipinski definition) is 4. The van der Waals surface area contributed by atoms with Crippen LogP contribution >= 0.6 is 11.8 Å². The molecule has 1 aliphatic rings. The first-order chi connectivity index (χ1) is 11.1. The minimum Gasteiger partial charge on any atom is -0.511 e. The van der Waals surface area contributed by atoms with E-state index in [9.17, 15) is 9.90 Å². The summed E-state index contributed by atoms with van der Waals surface area (Å²) >= 11 is 1.32. The number of rotatable bonds is 4. The van der Waals surface area contributed by atoms with Crippen LogP contribution in [0.2, 0.25) is 0 Å². The van der Waals surface area contributed by atoms with Crippen LogP contribution in [-0.2, 0) is 15.3 Å². The SMILES string of the molecule is Cc1ccc(C2CC(O)=C(SCc3ccccc3)C(=O)O2)cc1. The third kappa shape index (κ3) is 3.77. The van der Waals surface area contributed by atoms with Gasteiger partial charge in [-0.2, -0.15) is 0 Å². The highest BCUT2D eigenvalue weighted by Crippen LogP contribution is 2.36. The largest absolute Gasteiger partial charge is 0.511 e. The van der Waals surface area contributed by atoms with Crippen molar-refractivity contribution < 1.29 is 14.6 Å². The molecule has 0 aliphatic carbocycles. The van der Waals surface area contributed by atoms with Crippen LogP contribution in [0, 0.1) is 6.92 Å². The first-order valence-electron chi connectivity index (χ1n) is 7.50. The van der Waals surface area contributed by atoms with Crippen molar-refractivity contribution in [1.29, 1.82) is 0 Å². The van der Waals surface area contributed by atoms with E-state index in [2.05, 4.69) is 0 Å². The third-order valence-electron chi connectivity index (χ3n) is 3.75. The fourth-order valence-electron chi connectivity index (χ4n) is 2.45. The molecule has 0 saturated heterocycles. The summed E-state index contributed by atoms with van der Waals surface area (Å²) in [6.45, 7) is 2.01. The van der Waals surface area contributed by atoms with Gasteiger partial charge in [0.15, 0.2) is 0 Å². The van der Waals surface area contributed by atoms with Gasteiger partial charge in [-0.05, 0) is 18.1 Å². The minimum absolute atomic E-state index is 0.118. The van der Waals surface area contributed by atoms with Crippen LogP contribution in [0.4, 0.5) is 0 Å². The smallest absolute Gasteiger partial charge is 0.348 e. The van der Waals surface area contributed by atoms with E-state index in [1.807, 2.05) is 61.5 Å². The summed E-state index contributed by atoms with van der Waals surface area (Å²) in [5.74, 6) is 0.304. The van der Waals surface area contributed by atoms with E-state index >= 15 is 0 Å². The Balaban J connectivity index is 1.71. The first kappa shape index (κ1) is 15.7. The molecule has 0 fully saturated rings.